The van der Waals surface area contributed by atoms with E-state index in [0.29, 0.717) is 0 Å². The van der Waals surface area contributed by atoms with Crippen LogP contribution < -0.4 is 10.1 Å². The molecule has 2 aliphatic rings. The molecule has 23 heavy (non-hydrogen) atoms. The summed E-state index contributed by atoms with van der Waals surface area (Å²) in [5.74, 6) is 0.984. The number of benzene rings is 2. The minimum atomic E-state index is -0.0961. The molecule has 2 atom stereocenters. The third-order valence-corrected chi connectivity index (χ3v) is 4.92. The molecular formula is C20H23NO2. The van der Waals surface area contributed by atoms with Gasteiger partial charge in [0.15, 0.2) is 0 Å². The lowest BCUT2D eigenvalue weighted by molar-refractivity contribution is -0.0353. The van der Waals surface area contributed by atoms with Crippen molar-refractivity contribution in [2.75, 3.05) is 19.7 Å². The SMILES string of the molecule is CCOC1CC2(CCNC2)Oc2ccc(-c3ccccc3)cc21. The topological polar surface area (TPSA) is 30.5 Å². The van der Waals surface area contributed by atoms with Crippen LogP contribution in [0, 0.1) is 0 Å². The van der Waals surface area contributed by atoms with Gasteiger partial charge in [-0.2, -0.15) is 0 Å². The van der Waals surface area contributed by atoms with Crippen LogP contribution in [0.4, 0.5) is 0 Å². The highest BCUT2D eigenvalue weighted by molar-refractivity contribution is 5.66. The summed E-state index contributed by atoms with van der Waals surface area (Å²) in [5, 5.41) is 3.43. The second-order valence-corrected chi connectivity index (χ2v) is 6.48. The summed E-state index contributed by atoms with van der Waals surface area (Å²) < 4.78 is 12.5. The Balaban J connectivity index is 1.73. The Bertz CT molecular complexity index is 677. The summed E-state index contributed by atoms with van der Waals surface area (Å²) in [5.41, 5.74) is 3.54. The quantitative estimate of drug-likeness (QED) is 0.931. The average Bonchev–Trinajstić information content (AvgIpc) is 3.03. The zero-order valence-corrected chi connectivity index (χ0v) is 13.5. The molecule has 2 aliphatic heterocycles. The van der Waals surface area contributed by atoms with Crippen LogP contribution in [0.5, 0.6) is 5.75 Å². The van der Waals surface area contributed by atoms with Gasteiger partial charge in [0.2, 0.25) is 0 Å². The van der Waals surface area contributed by atoms with E-state index in [1.807, 2.05) is 6.07 Å². The number of fused-ring (bicyclic) bond motifs is 1. The minimum Gasteiger partial charge on any atom is -0.485 e. The molecule has 2 unspecified atom stereocenters. The van der Waals surface area contributed by atoms with Gasteiger partial charge in [-0.05, 0) is 36.7 Å². The van der Waals surface area contributed by atoms with Crippen LogP contribution >= 0.6 is 0 Å². The van der Waals surface area contributed by atoms with Gasteiger partial charge in [0, 0.05) is 31.6 Å². The molecule has 1 spiro atoms. The Morgan fingerprint density at radius 2 is 2.04 bits per heavy atom. The zero-order chi connectivity index (χ0) is 15.7. The molecule has 0 aliphatic carbocycles. The highest BCUT2D eigenvalue weighted by Gasteiger charge is 2.43. The van der Waals surface area contributed by atoms with Gasteiger partial charge in [0.25, 0.3) is 0 Å². The Morgan fingerprint density at radius 1 is 1.17 bits per heavy atom. The van der Waals surface area contributed by atoms with Crippen molar-refractivity contribution in [3.05, 3.63) is 54.1 Å². The van der Waals surface area contributed by atoms with Crippen molar-refractivity contribution < 1.29 is 9.47 Å². The first-order chi connectivity index (χ1) is 11.3. The van der Waals surface area contributed by atoms with Crippen molar-refractivity contribution in [1.82, 2.24) is 5.32 Å². The smallest absolute Gasteiger partial charge is 0.126 e. The lowest BCUT2D eigenvalue weighted by Gasteiger charge is -2.39. The Morgan fingerprint density at radius 3 is 2.78 bits per heavy atom. The average molecular weight is 309 g/mol. The van der Waals surface area contributed by atoms with E-state index in [-0.39, 0.29) is 11.7 Å². The van der Waals surface area contributed by atoms with Crippen LogP contribution in [-0.4, -0.2) is 25.3 Å². The van der Waals surface area contributed by atoms with Crippen molar-refractivity contribution in [3.63, 3.8) is 0 Å². The van der Waals surface area contributed by atoms with Gasteiger partial charge in [0.05, 0.1) is 6.10 Å². The first-order valence-electron chi connectivity index (χ1n) is 8.50. The zero-order valence-electron chi connectivity index (χ0n) is 13.5. The van der Waals surface area contributed by atoms with Gasteiger partial charge >= 0.3 is 0 Å². The molecule has 0 bridgehead atoms. The fourth-order valence-corrected chi connectivity index (χ4v) is 3.76. The van der Waals surface area contributed by atoms with Crippen LogP contribution in [0.25, 0.3) is 11.1 Å². The van der Waals surface area contributed by atoms with E-state index in [9.17, 15) is 0 Å². The second kappa shape index (κ2) is 5.99. The van der Waals surface area contributed by atoms with E-state index in [0.717, 1.165) is 38.3 Å². The third-order valence-electron chi connectivity index (χ3n) is 4.92. The van der Waals surface area contributed by atoms with Gasteiger partial charge < -0.3 is 14.8 Å². The molecule has 4 rings (SSSR count). The lowest BCUT2D eigenvalue weighted by atomic mass is 9.87. The summed E-state index contributed by atoms with van der Waals surface area (Å²) in [4.78, 5) is 0. The van der Waals surface area contributed by atoms with E-state index in [2.05, 4.69) is 54.7 Å². The summed E-state index contributed by atoms with van der Waals surface area (Å²) in [7, 11) is 0. The molecule has 3 heteroatoms. The summed E-state index contributed by atoms with van der Waals surface area (Å²) in [6.07, 6.45) is 2.10. The Kier molecular flexibility index (Phi) is 3.83. The molecule has 2 aromatic carbocycles. The van der Waals surface area contributed by atoms with Gasteiger partial charge in [-0.25, -0.2) is 0 Å². The van der Waals surface area contributed by atoms with E-state index in [4.69, 9.17) is 9.47 Å². The van der Waals surface area contributed by atoms with Crippen molar-refractivity contribution in [3.8, 4) is 16.9 Å². The Hall–Kier alpha value is -1.84. The lowest BCUT2D eigenvalue weighted by Crippen LogP contribution is -2.43. The van der Waals surface area contributed by atoms with Crippen molar-refractivity contribution >= 4 is 0 Å². The fraction of sp³-hybridized carbons (Fsp3) is 0.400. The standard InChI is InChI=1S/C20H23NO2/c1-2-22-19-13-20(10-11-21-14-20)23-18-9-8-16(12-17(18)19)15-6-4-3-5-7-15/h3-9,12,19,21H,2,10-11,13-14H2,1H3. The maximum atomic E-state index is 6.41. The molecule has 120 valence electrons. The molecule has 0 aromatic heterocycles. The van der Waals surface area contributed by atoms with Crippen molar-refractivity contribution in [1.29, 1.82) is 0 Å². The third kappa shape index (κ3) is 2.75. The number of nitrogens with one attached hydrogen (secondary N) is 1. The summed E-state index contributed by atoms with van der Waals surface area (Å²) in [6, 6.07) is 17.0. The van der Waals surface area contributed by atoms with Crippen LogP contribution in [0.1, 0.15) is 31.4 Å². The number of ether oxygens (including phenoxy) is 2. The predicted octanol–water partition coefficient (Wildman–Crippen LogP) is 3.95. The molecule has 1 N–H and O–H groups in total. The van der Waals surface area contributed by atoms with E-state index < -0.39 is 0 Å². The van der Waals surface area contributed by atoms with Crippen LogP contribution in [0.3, 0.4) is 0 Å². The predicted molar refractivity (Wildman–Crippen MR) is 91.7 cm³/mol. The van der Waals surface area contributed by atoms with Gasteiger partial charge in [-0.15, -0.1) is 0 Å². The molecule has 0 amide bonds. The fourth-order valence-electron chi connectivity index (χ4n) is 3.76. The number of hydrogen-bond donors (Lipinski definition) is 1. The van der Waals surface area contributed by atoms with Gasteiger partial charge in [-0.1, -0.05) is 36.4 Å². The minimum absolute atomic E-state index is 0.0961. The normalized spacial score (nSPS) is 26.0. The first kappa shape index (κ1) is 14.7. The molecule has 3 nitrogen and oxygen atoms in total. The van der Waals surface area contributed by atoms with Crippen LogP contribution in [-0.2, 0) is 4.74 Å². The molecule has 1 saturated heterocycles. The molecular weight excluding hydrogens is 286 g/mol. The molecule has 2 aromatic rings. The second-order valence-electron chi connectivity index (χ2n) is 6.48. The summed E-state index contributed by atoms with van der Waals surface area (Å²) >= 11 is 0. The van der Waals surface area contributed by atoms with E-state index >= 15 is 0 Å². The Labute approximate surface area is 137 Å². The highest BCUT2D eigenvalue weighted by atomic mass is 16.5. The number of rotatable bonds is 3. The van der Waals surface area contributed by atoms with Crippen LogP contribution in [0.2, 0.25) is 0 Å². The monoisotopic (exact) mass is 309 g/mol. The molecule has 2 heterocycles. The largest absolute Gasteiger partial charge is 0.485 e. The summed E-state index contributed by atoms with van der Waals surface area (Å²) in [6.45, 7) is 4.73. The van der Waals surface area contributed by atoms with Crippen molar-refractivity contribution in [2.45, 2.75) is 31.5 Å². The van der Waals surface area contributed by atoms with Crippen LogP contribution in [0.15, 0.2) is 48.5 Å². The van der Waals surface area contributed by atoms with Crippen molar-refractivity contribution in [2.24, 2.45) is 0 Å². The first-order valence-corrected chi connectivity index (χ1v) is 8.50. The van der Waals surface area contributed by atoms with Gasteiger partial charge in [-0.3, -0.25) is 0 Å². The van der Waals surface area contributed by atoms with E-state index in [1.54, 1.807) is 0 Å². The van der Waals surface area contributed by atoms with E-state index in [1.165, 1.54) is 16.7 Å². The maximum absolute atomic E-state index is 6.41. The number of hydrogen-bond acceptors (Lipinski definition) is 3. The molecule has 0 radical (unpaired) electrons. The van der Waals surface area contributed by atoms with Gasteiger partial charge in [0.1, 0.15) is 11.4 Å². The molecule has 1 fully saturated rings. The highest BCUT2D eigenvalue weighted by Crippen LogP contribution is 2.45. The maximum Gasteiger partial charge on any atom is 0.126 e. The molecule has 0 saturated carbocycles.